The number of ether oxygens (including phenoxy) is 1. The van der Waals surface area contributed by atoms with E-state index in [4.69, 9.17) is 4.74 Å². The van der Waals surface area contributed by atoms with Crippen LogP contribution >= 0.6 is 0 Å². The second kappa shape index (κ2) is 13.1. The first-order chi connectivity index (χ1) is 20.5. The van der Waals surface area contributed by atoms with Gasteiger partial charge < -0.3 is 15.4 Å². The van der Waals surface area contributed by atoms with E-state index in [2.05, 4.69) is 10.6 Å². The van der Waals surface area contributed by atoms with E-state index in [1.54, 1.807) is 92.1 Å². The highest BCUT2D eigenvalue weighted by molar-refractivity contribution is 6.11. The summed E-state index contributed by atoms with van der Waals surface area (Å²) >= 11 is 0. The van der Waals surface area contributed by atoms with E-state index in [1.807, 2.05) is 54.6 Å². The minimum atomic E-state index is -0.517. The molecule has 0 aromatic heterocycles. The number of nitrogens with one attached hydrogen (secondary N) is 2. The minimum Gasteiger partial charge on any atom is -0.497 e. The Kier molecular flexibility index (Phi) is 8.65. The van der Waals surface area contributed by atoms with Crippen LogP contribution in [0.1, 0.15) is 31.8 Å². The molecule has 206 valence electrons. The van der Waals surface area contributed by atoms with Crippen molar-refractivity contribution < 1.29 is 19.1 Å². The summed E-state index contributed by atoms with van der Waals surface area (Å²) in [6.45, 7) is 0. The fraction of sp³-hybridized carbons (Fsp3) is 0.0278. The Balaban J connectivity index is 1.32. The summed E-state index contributed by atoms with van der Waals surface area (Å²) in [7, 11) is 1.56. The third kappa shape index (κ3) is 6.87. The van der Waals surface area contributed by atoms with Gasteiger partial charge in [-0.2, -0.15) is 0 Å². The van der Waals surface area contributed by atoms with Crippen LogP contribution in [0.4, 0.5) is 5.69 Å². The van der Waals surface area contributed by atoms with Gasteiger partial charge >= 0.3 is 0 Å². The third-order valence-electron chi connectivity index (χ3n) is 6.60. The molecular formula is C36H28N2O4. The lowest BCUT2D eigenvalue weighted by molar-refractivity contribution is -0.113. The molecule has 5 aromatic rings. The summed E-state index contributed by atoms with van der Waals surface area (Å²) in [5.41, 5.74) is 3.05. The summed E-state index contributed by atoms with van der Waals surface area (Å²) in [5.74, 6) is -0.474. The van der Waals surface area contributed by atoms with E-state index in [0.717, 1.165) is 16.3 Å². The van der Waals surface area contributed by atoms with Crippen LogP contribution in [0.5, 0.6) is 5.75 Å². The fourth-order valence-electron chi connectivity index (χ4n) is 4.41. The molecule has 5 rings (SSSR count). The average Bonchev–Trinajstić information content (AvgIpc) is 3.04. The second-order valence-electron chi connectivity index (χ2n) is 9.45. The Morgan fingerprint density at radius 2 is 1.43 bits per heavy atom. The molecule has 6 nitrogen and oxygen atoms in total. The Hall–Kier alpha value is -5.75. The molecule has 0 radical (unpaired) electrons. The number of carbonyl (C=O) groups is 3. The fourth-order valence-corrected chi connectivity index (χ4v) is 4.41. The number of hydrogen-bond donors (Lipinski definition) is 2. The van der Waals surface area contributed by atoms with Crippen LogP contribution in [0.25, 0.3) is 22.9 Å². The van der Waals surface area contributed by atoms with Crippen molar-refractivity contribution in [1.82, 2.24) is 5.32 Å². The van der Waals surface area contributed by atoms with Crippen molar-refractivity contribution in [2.45, 2.75) is 0 Å². The molecule has 0 aliphatic rings. The number of amides is 2. The van der Waals surface area contributed by atoms with Gasteiger partial charge in [-0.25, -0.2) is 0 Å². The number of anilines is 1. The Morgan fingerprint density at radius 1 is 0.714 bits per heavy atom. The molecule has 0 saturated carbocycles. The Labute approximate surface area is 244 Å². The first-order valence-corrected chi connectivity index (χ1v) is 13.3. The molecule has 0 fully saturated rings. The molecule has 6 heteroatoms. The van der Waals surface area contributed by atoms with Crippen LogP contribution in [0.3, 0.4) is 0 Å². The van der Waals surface area contributed by atoms with Crippen molar-refractivity contribution in [1.29, 1.82) is 0 Å². The molecular weight excluding hydrogens is 524 g/mol. The lowest BCUT2D eigenvalue weighted by atomic mass is 10.0. The van der Waals surface area contributed by atoms with Crippen molar-refractivity contribution in [2.24, 2.45) is 0 Å². The van der Waals surface area contributed by atoms with Gasteiger partial charge in [0.15, 0.2) is 5.78 Å². The van der Waals surface area contributed by atoms with Crippen molar-refractivity contribution in [3.63, 3.8) is 0 Å². The zero-order valence-electron chi connectivity index (χ0n) is 22.9. The molecule has 0 saturated heterocycles. The highest BCUT2D eigenvalue weighted by Gasteiger charge is 2.15. The van der Waals surface area contributed by atoms with Crippen LogP contribution in [-0.4, -0.2) is 24.7 Å². The van der Waals surface area contributed by atoms with Crippen LogP contribution in [0.2, 0.25) is 0 Å². The van der Waals surface area contributed by atoms with Gasteiger partial charge in [-0.15, -0.1) is 0 Å². The number of rotatable bonds is 9. The summed E-state index contributed by atoms with van der Waals surface area (Å²) in [4.78, 5) is 39.1. The normalized spacial score (nSPS) is 11.3. The predicted molar refractivity (Wildman–Crippen MR) is 167 cm³/mol. The molecule has 42 heavy (non-hydrogen) atoms. The lowest BCUT2D eigenvalue weighted by Crippen LogP contribution is -2.30. The maximum Gasteiger partial charge on any atom is 0.272 e. The number of methoxy groups -OCH3 is 1. The summed E-state index contributed by atoms with van der Waals surface area (Å²) < 4.78 is 5.29. The Bertz CT molecular complexity index is 1800. The first kappa shape index (κ1) is 27.8. The van der Waals surface area contributed by atoms with Gasteiger partial charge in [0.2, 0.25) is 0 Å². The van der Waals surface area contributed by atoms with E-state index in [9.17, 15) is 14.4 Å². The molecule has 0 aliphatic heterocycles. The van der Waals surface area contributed by atoms with Crippen LogP contribution in [-0.2, 0) is 4.79 Å². The minimum absolute atomic E-state index is 0.0512. The second-order valence-corrected chi connectivity index (χ2v) is 9.45. The van der Waals surface area contributed by atoms with Crippen molar-refractivity contribution >= 4 is 46.2 Å². The van der Waals surface area contributed by atoms with Gasteiger partial charge in [-0.05, 0) is 82.6 Å². The zero-order chi connectivity index (χ0) is 29.3. The molecule has 0 bridgehead atoms. The standard InChI is InChI=1S/C36H28N2O4/c1-42-31-15-7-9-25(23-31)24-33(38-35(40)29-11-3-2-4-12-29)36(41)37-30-20-17-28(18-21-30)34(39)22-19-27-14-8-13-26-10-5-6-16-32(26)27/h2-24H,1H3,(H,37,41)(H,38,40)/b22-19+,33-24-. The quantitative estimate of drug-likeness (QED) is 0.150. The number of hydrogen-bond acceptors (Lipinski definition) is 4. The highest BCUT2D eigenvalue weighted by Crippen LogP contribution is 2.21. The summed E-state index contributed by atoms with van der Waals surface area (Å²) in [6.07, 6.45) is 4.93. The van der Waals surface area contributed by atoms with Gasteiger partial charge in [-0.3, -0.25) is 14.4 Å². The molecule has 0 heterocycles. The van der Waals surface area contributed by atoms with Crippen molar-refractivity contribution in [3.05, 3.63) is 155 Å². The van der Waals surface area contributed by atoms with E-state index < -0.39 is 11.8 Å². The predicted octanol–water partition coefficient (Wildman–Crippen LogP) is 7.15. The zero-order valence-corrected chi connectivity index (χ0v) is 22.9. The van der Waals surface area contributed by atoms with E-state index >= 15 is 0 Å². The van der Waals surface area contributed by atoms with Crippen molar-refractivity contribution in [3.8, 4) is 5.75 Å². The van der Waals surface area contributed by atoms with Gasteiger partial charge in [0.05, 0.1) is 7.11 Å². The Morgan fingerprint density at radius 3 is 2.21 bits per heavy atom. The van der Waals surface area contributed by atoms with Crippen LogP contribution < -0.4 is 15.4 Å². The molecule has 5 aromatic carbocycles. The highest BCUT2D eigenvalue weighted by atomic mass is 16.5. The largest absolute Gasteiger partial charge is 0.497 e. The van der Waals surface area contributed by atoms with Gasteiger partial charge in [0.25, 0.3) is 11.8 Å². The number of benzene rings is 5. The topological polar surface area (TPSA) is 84.5 Å². The van der Waals surface area contributed by atoms with Crippen LogP contribution in [0, 0.1) is 0 Å². The SMILES string of the molecule is COc1cccc(/C=C(\NC(=O)c2ccccc2)C(=O)Nc2ccc(C(=O)/C=C/c3cccc4ccccc34)cc2)c1. The molecule has 2 amide bonds. The van der Waals surface area contributed by atoms with Gasteiger partial charge in [0.1, 0.15) is 11.4 Å². The molecule has 2 N–H and O–H groups in total. The number of allylic oxidation sites excluding steroid dienone is 1. The number of carbonyl (C=O) groups excluding carboxylic acids is 3. The maximum absolute atomic E-state index is 13.3. The molecule has 0 aliphatic carbocycles. The monoisotopic (exact) mass is 552 g/mol. The van der Waals surface area contributed by atoms with E-state index in [1.165, 1.54) is 0 Å². The van der Waals surface area contributed by atoms with E-state index in [0.29, 0.717) is 28.1 Å². The lowest BCUT2D eigenvalue weighted by Gasteiger charge is -2.12. The first-order valence-electron chi connectivity index (χ1n) is 13.3. The van der Waals surface area contributed by atoms with E-state index in [-0.39, 0.29) is 11.5 Å². The molecule has 0 atom stereocenters. The smallest absolute Gasteiger partial charge is 0.272 e. The van der Waals surface area contributed by atoms with Gasteiger partial charge in [-0.1, -0.05) is 78.9 Å². The summed E-state index contributed by atoms with van der Waals surface area (Å²) in [6, 6.07) is 36.4. The number of fused-ring (bicyclic) bond motifs is 1. The molecule has 0 spiro atoms. The average molecular weight is 553 g/mol. The maximum atomic E-state index is 13.3. The van der Waals surface area contributed by atoms with Gasteiger partial charge in [0, 0.05) is 16.8 Å². The number of ketones is 1. The van der Waals surface area contributed by atoms with Crippen LogP contribution in [0.15, 0.2) is 133 Å². The molecule has 0 unspecified atom stereocenters. The third-order valence-corrected chi connectivity index (χ3v) is 6.60. The van der Waals surface area contributed by atoms with Crippen molar-refractivity contribution in [2.75, 3.05) is 12.4 Å². The summed E-state index contributed by atoms with van der Waals surface area (Å²) in [5, 5.41) is 7.70.